The summed E-state index contributed by atoms with van der Waals surface area (Å²) in [5, 5.41) is 20.2. The molecule has 0 aliphatic carbocycles. The quantitative estimate of drug-likeness (QED) is 0.525. The van der Waals surface area contributed by atoms with Crippen molar-refractivity contribution in [3.05, 3.63) is 30.0 Å². The molecule has 3 N–H and O–H groups in total. The van der Waals surface area contributed by atoms with E-state index in [1.165, 1.54) is 11.5 Å². The van der Waals surface area contributed by atoms with E-state index in [0.717, 1.165) is 18.4 Å². The van der Waals surface area contributed by atoms with Gasteiger partial charge < -0.3 is 20.5 Å². The molecule has 0 aliphatic rings. The second-order valence-electron chi connectivity index (χ2n) is 7.68. The van der Waals surface area contributed by atoms with E-state index in [2.05, 4.69) is 27.1 Å². The number of amides is 1. The average molecular weight is 407 g/mol. The van der Waals surface area contributed by atoms with Crippen LogP contribution in [0.15, 0.2) is 24.3 Å². The number of unbranched alkanes of at least 4 members (excludes halogenated alkanes) is 1. The SMILES string of the molecule is CCCCNC(=O)c1nnsc1-c1cccc(OCC(O)CNC(C)(C)C)c1. The van der Waals surface area contributed by atoms with Crippen LogP contribution in [0.2, 0.25) is 0 Å². The third kappa shape index (κ3) is 7.18. The van der Waals surface area contributed by atoms with Crippen molar-refractivity contribution in [1.29, 1.82) is 0 Å². The summed E-state index contributed by atoms with van der Waals surface area (Å²) in [6, 6.07) is 7.40. The summed E-state index contributed by atoms with van der Waals surface area (Å²) in [7, 11) is 0. The van der Waals surface area contributed by atoms with E-state index in [1.807, 2.05) is 45.0 Å². The van der Waals surface area contributed by atoms with E-state index in [0.29, 0.717) is 29.4 Å². The molecule has 1 amide bonds. The Hall–Kier alpha value is -2.03. The molecule has 2 rings (SSSR count). The Bertz CT molecular complexity index is 758. The van der Waals surface area contributed by atoms with Crippen LogP contribution in [0.3, 0.4) is 0 Å². The van der Waals surface area contributed by atoms with Gasteiger partial charge in [0.1, 0.15) is 18.5 Å². The summed E-state index contributed by atoms with van der Waals surface area (Å²) in [6.45, 7) is 9.46. The normalized spacial score (nSPS) is 12.6. The number of β-amino-alcohol motifs (C(OH)–C–C–N with tert-alkyl or cyclic N) is 1. The Balaban J connectivity index is 2.00. The maximum absolute atomic E-state index is 12.3. The van der Waals surface area contributed by atoms with Crippen molar-refractivity contribution in [1.82, 2.24) is 20.2 Å². The van der Waals surface area contributed by atoms with Crippen LogP contribution in [-0.4, -0.2) is 51.9 Å². The number of ether oxygens (including phenoxy) is 1. The summed E-state index contributed by atoms with van der Waals surface area (Å²) in [6.07, 6.45) is 1.32. The molecule has 0 bridgehead atoms. The lowest BCUT2D eigenvalue weighted by Gasteiger charge is -2.23. The van der Waals surface area contributed by atoms with Gasteiger partial charge >= 0.3 is 0 Å². The lowest BCUT2D eigenvalue weighted by atomic mass is 10.1. The first kappa shape index (κ1) is 22.3. The van der Waals surface area contributed by atoms with Gasteiger partial charge in [0.15, 0.2) is 5.69 Å². The van der Waals surface area contributed by atoms with Crippen molar-refractivity contribution in [2.24, 2.45) is 0 Å². The van der Waals surface area contributed by atoms with Crippen LogP contribution < -0.4 is 15.4 Å². The van der Waals surface area contributed by atoms with Crippen molar-refractivity contribution in [3.8, 4) is 16.2 Å². The van der Waals surface area contributed by atoms with Gasteiger partial charge in [-0.3, -0.25) is 4.79 Å². The Morgan fingerprint density at radius 1 is 1.36 bits per heavy atom. The molecule has 28 heavy (non-hydrogen) atoms. The van der Waals surface area contributed by atoms with Gasteiger partial charge in [0.2, 0.25) is 0 Å². The average Bonchev–Trinajstić information content (AvgIpc) is 3.14. The van der Waals surface area contributed by atoms with E-state index in [4.69, 9.17) is 4.74 Å². The second-order valence-corrected chi connectivity index (χ2v) is 8.44. The van der Waals surface area contributed by atoms with Gasteiger partial charge in [-0.15, -0.1) is 5.10 Å². The Morgan fingerprint density at radius 2 is 2.14 bits per heavy atom. The first-order valence-corrected chi connectivity index (χ1v) is 10.3. The van der Waals surface area contributed by atoms with Gasteiger partial charge in [-0.05, 0) is 56.4 Å². The highest BCUT2D eigenvalue weighted by atomic mass is 32.1. The number of carbonyl (C=O) groups is 1. The highest BCUT2D eigenvalue weighted by molar-refractivity contribution is 7.09. The van der Waals surface area contributed by atoms with Gasteiger partial charge in [0.05, 0.1) is 4.88 Å². The molecule has 0 saturated carbocycles. The molecule has 2 aromatic rings. The van der Waals surface area contributed by atoms with Crippen molar-refractivity contribution in [2.45, 2.75) is 52.2 Å². The van der Waals surface area contributed by atoms with Crippen LogP contribution in [0, 0.1) is 0 Å². The van der Waals surface area contributed by atoms with Crippen LogP contribution in [0.25, 0.3) is 10.4 Å². The van der Waals surface area contributed by atoms with E-state index in [9.17, 15) is 9.90 Å². The minimum absolute atomic E-state index is 0.0613. The summed E-state index contributed by atoms with van der Waals surface area (Å²) in [5.74, 6) is 0.408. The Kier molecular flexibility index (Phi) is 8.35. The van der Waals surface area contributed by atoms with Crippen molar-refractivity contribution < 1.29 is 14.6 Å². The fraction of sp³-hybridized carbons (Fsp3) is 0.550. The Labute approximate surface area is 170 Å². The zero-order valence-electron chi connectivity index (χ0n) is 17.0. The number of aliphatic hydroxyl groups is 1. The largest absolute Gasteiger partial charge is 0.491 e. The van der Waals surface area contributed by atoms with Gasteiger partial charge in [0.25, 0.3) is 5.91 Å². The van der Waals surface area contributed by atoms with Crippen molar-refractivity contribution in [3.63, 3.8) is 0 Å². The van der Waals surface area contributed by atoms with Gasteiger partial charge in [-0.25, -0.2) is 0 Å². The number of rotatable bonds is 10. The number of hydrogen-bond donors (Lipinski definition) is 3. The van der Waals surface area contributed by atoms with Crippen LogP contribution in [0.5, 0.6) is 5.75 Å². The molecular formula is C20H30N4O3S. The molecule has 7 nitrogen and oxygen atoms in total. The molecular weight excluding hydrogens is 376 g/mol. The maximum Gasteiger partial charge on any atom is 0.273 e. The van der Waals surface area contributed by atoms with Crippen LogP contribution >= 0.6 is 11.5 Å². The minimum atomic E-state index is -0.618. The molecule has 1 heterocycles. The summed E-state index contributed by atoms with van der Waals surface area (Å²) < 4.78 is 9.67. The van der Waals surface area contributed by atoms with E-state index in [-0.39, 0.29) is 18.1 Å². The van der Waals surface area contributed by atoms with Gasteiger partial charge in [-0.2, -0.15) is 0 Å². The van der Waals surface area contributed by atoms with Crippen LogP contribution in [0.1, 0.15) is 51.0 Å². The zero-order chi connectivity index (χ0) is 20.6. The second kappa shape index (κ2) is 10.5. The summed E-state index contributed by atoms with van der Waals surface area (Å²) in [4.78, 5) is 13.1. The first-order chi connectivity index (χ1) is 13.3. The van der Waals surface area contributed by atoms with Crippen LogP contribution in [-0.2, 0) is 0 Å². The lowest BCUT2D eigenvalue weighted by Crippen LogP contribution is -2.42. The van der Waals surface area contributed by atoms with Gasteiger partial charge in [-0.1, -0.05) is 30.0 Å². The highest BCUT2D eigenvalue weighted by Gasteiger charge is 2.18. The number of nitrogens with zero attached hydrogens (tertiary/aromatic N) is 2. The topological polar surface area (TPSA) is 96.4 Å². The number of carbonyl (C=O) groups excluding carboxylic acids is 1. The van der Waals surface area contributed by atoms with E-state index < -0.39 is 6.10 Å². The summed E-state index contributed by atoms with van der Waals surface area (Å²) in [5.41, 5.74) is 1.08. The molecule has 0 spiro atoms. The van der Waals surface area contributed by atoms with E-state index in [1.54, 1.807) is 0 Å². The number of aliphatic hydroxyl groups excluding tert-OH is 1. The molecule has 1 unspecified atom stereocenters. The molecule has 0 saturated heterocycles. The number of benzene rings is 1. The summed E-state index contributed by atoms with van der Waals surface area (Å²) >= 11 is 1.18. The Morgan fingerprint density at radius 3 is 2.86 bits per heavy atom. The number of hydrogen-bond acceptors (Lipinski definition) is 7. The minimum Gasteiger partial charge on any atom is -0.491 e. The molecule has 8 heteroatoms. The number of nitrogens with one attached hydrogen (secondary N) is 2. The van der Waals surface area contributed by atoms with Gasteiger partial charge in [0, 0.05) is 18.6 Å². The maximum atomic E-state index is 12.3. The lowest BCUT2D eigenvalue weighted by molar-refractivity contribution is 0.0949. The van der Waals surface area contributed by atoms with E-state index >= 15 is 0 Å². The molecule has 0 fully saturated rings. The molecule has 0 radical (unpaired) electrons. The fourth-order valence-corrected chi connectivity index (χ4v) is 3.05. The highest BCUT2D eigenvalue weighted by Crippen LogP contribution is 2.29. The predicted molar refractivity (Wildman–Crippen MR) is 112 cm³/mol. The zero-order valence-corrected chi connectivity index (χ0v) is 17.8. The molecule has 0 aliphatic heterocycles. The van der Waals surface area contributed by atoms with Crippen molar-refractivity contribution >= 4 is 17.4 Å². The molecule has 154 valence electrons. The number of aromatic nitrogens is 2. The third-order valence-corrected chi connectivity index (χ3v) is 4.70. The monoisotopic (exact) mass is 406 g/mol. The molecule has 1 aromatic heterocycles. The molecule has 1 atom stereocenters. The standard InChI is InChI=1S/C20H30N4O3S/c1-5-6-10-21-19(26)17-18(28-24-23-17)14-8-7-9-16(11-14)27-13-15(25)12-22-20(2,3)4/h7-9,11,15,22,25H,5-6,10,12-13H2,1-4H3,(H,21,26). The van der Waals surface area contributed by atoms with Crippen LogP contribution in [0.4, 0.5) is 0 Å². The molecule has 1 aromatic carbocycles. The smallest absolute Gasteiger partial charge is 0.273 e. The fourth-order valence-electron chi connectivity index (χ4n) is 2.39. The predicted octanol–water partition coefficient (Wildman–Crippen LogP) is 2.86. The third-order valence-electron chi connectivity index (χ3n) is 3.93. The first-order valence-electron chi connectivity index (χ1n) is 9.57. The van der Waals surface area contributed by atoms with Crippen molar-refractivity contribution in [2.75, 3.05) is 19.7 Å².